The van der Waals surface area contributed by atoms with E-state index in [2.05, 4.69) is 43.5 Å². The third-order valence-corrected chi connectivity index (χ3v) is 16.5. The van der Waals surface area contributed by atoms with Gasteiger partial charge >= 0.3 is 5.97 Å². The summed E-state index contributed by atoms with van der Waals surface area (Å²) in [4.78, 5) is 24.6. The molecular weight excluding hydrogens is 947 g/mol. The van der Waals surface area contributed by atoms with Crippen molar-refractivity contribution in [2.75, 3.05) is 13.2 Å². The number of aliphatic hydroxyl groups excluding tert-OH is 2. The molecule has 0 rings (SSSR count). The Balaban J connectivity index is 3.46. The molecular formula is C71H137NO5. The van der Waals surface area contributed by atoms with Crippen LogP contribution >= 0.6 is 0 Å². The molecule has 3 N–H and O–H groups in total. The van der Waals surface area contributed by atoms with Crippen molar-refractivity contribution in [1.29, 1.82) is 0 Å². The van der Waals surface area contributed by atoms with Gasteiger partial charge in [-0.3, -0.25) is 9.59 Å². The van der Waals surface area contributed by atoms with Crippen molar-refractivity contribution in [2.24, 2.45) is 0 Å². The van der Waals surface area contributed by atoms with Gasteiger partial charge < -0.3 is 20.3 Å². The number of unbranched alkanes of at least 4 members (excludes halogenated alkanes) is 51. The molecule has 0 saturated carbocycles. The Hall–Kier alpha value is -1.66. The highest BCUT2D eigenvalue weighted by Crippen LogP contribution is 2.19. The van der Waals surface area contributed by atoms with Gasteiger partial charge in [-0.05, 0) is 64.2 Å². The Morgan fingerprint density at radius 1 is 0.364 bits per heavy atom. The topological polar surface area (TPSA) is 95.9 Å². The zero-order valence-electron chi connectivity index (χ0n) is 52.2. The fraction of sp³-hybridized carbons (Fsp3) is 0.915. The van der Waals surface area contributed by atoms with Gasteiger partial charge in [0.2, 0.25) is 5.91 Å². The number of esters is 1. The second-order valence-corrected chi connectivity index (χ2v) is 24.2. The van der Waals surface area contributed by atoms with Crippen LogP contribution in [-0.4, -0.2) is 47.4 Å². The predicted molar refractivity (Wildman–Crippen MR) is 338 cm³/mol. The van der Waals surface area contributed by atoms with E-state index in [1.807, 2.05) is 0 Å². The van der Waals surface area contributed by atoms with Gasteiger partial charge in [-0.2, -0.15) is 0 Å². The molecule has 2 unspecified atom stereocenters. The molecule has 0 radical (unpaired) electrons. The van der Waals surface area contributed by atoms with E-state index < -0.39 is 12.1 Å². The lowest BCUT2D eigenvalue weighted by atomic mass is 10.0. The Labute approximate surface area is 481 Å². The van der Waals surface area contributed by atoms with Crippen LogP contribution in [0.4, 0.5) is 0 Å². The van der Waals surface area contributed by atoms with Crippen molar-refractivity contribution in [3.05, 3.63) is 24.3 Å². The van der Waals surface area contributed by atoms with Crippen LogP contribution in [0.3, 0.4) is 0 Å². The van der Waals surface area contributed by atoms with Gasteiger partial charge in [0.25, 0.3) is 0 Å². The number of allylic oxidation sites excluding steroid dienone is 4. The van der Waals surface area contributed by atoms with Crippen molar-refractivity contribution in [1.82, 2.24) is 5.32 Å². The minimum absolute atomic E-state index is 0.00984. The molecule has 2 atom stereocenters. The van der Waals surface area contributed by atoms with Crippen LogP contribution in [0.5, 0.6) is 0 Å². The molecule has 0 aromatic rings. The molecule has 6 nitrogen and oxygen atoms in total. The second-order valence-electron chi connectivity index (χ2n) is 24.2. The lowest BCUT2D eigenvalue weighted by Crippen LogP contribution is -2.45. The molecule has 0 aromatic carbocycles. The number of hydrogen-bond donors (Lipinski definition) is 3. The highest BCUT2D eigenvalue weighted by Gasteiger charge is 2.20. The van der Waals surface area contributed by atoms with Crippen LogP contribution in [0.2, 0.25) is 0 Å². The van der Waals surface area contributed by atoms with E-state index in [4.69, 9.17) is 4.74 Å². The van der Waals surface area contributed by atoms with Crippen LogP contribution in [0.25, 0.3) is 0 Å². The van der Waals surface area contributed by atoms with Gasteiger partial charge in [0, 0.05) is 12.8 Å². The number of rotatable bonds is 66. The summed E-state index contributed by atoms with van der Waals surface area (Å²) in [5, 5.41) is 23.4. The number of ether oxygens (including phenoxy) is 1. The average molecular weight is 1080 g/mol. The third kappa shape index (κ3) is 63.4. The second kappa shape index (κ2) is 66.8. The normalized spacial score (nSPS) is 12.6. The Morgan fingerprint density at radius 3 is 0.987 bits per heavy atom. The van der Waals surface area contributed by atoms with E-state index in [-0.39, 0.29) is 18.5 Å². The molecule has 6 heteroatoms. The Kier molecular flexibility index (Phi) is 65.4. The molecule has 0 heterocycles. The monoisotopic (exact) mass is 1080 g/mol. The van der Waals surface area contributed by atoms with Crippen LogP contribution in [0.15, 0.2) is 24.3 Å². The summed E-state index contributed by atoms with van der Waals surface area (Å²) in [7, 11) is 0. The quantitative estimate of drug-likeness (QED) is 0.0320. The van der Waals surface area contributed by atoms with E-state index in [0.29, 0.717) is 25.9 Å². The van der Waals surface area contributed by atoms with Crippen molar-refractivity contribution >= 4 is 11.9 Å². The maximum absolute atomic E-state index is 12.5. The summed E-state index contributed by atoms with van der Waals surface area (Å²) in [6.45, 7) is 4.95. The first-order valence-electron chi connectivity index (χ1n) is 35.1. The fourth-order valence-corrected chi connectivity index (χ4v) is 11.1. The summed E-state index contributed by atoms with van der Waals surface area (Å²) >= 11 is 0. The molecule has 77 heavy (non-hydrogen) atoms. The number of hydrogen-bond acceptors (Lipinski definition) is 5. The molecule has 0 aromatic heterocycles. The first kappa shape index (κ1) is 75.3. The smallest absolute Gasteiger partial charge is 0.305 e. The minimum Gasteiger partial charge on any atom is -0.466 e. The lowest BCUT2D eigenvalue weighted by Gasteiger charge is -2.22. The summed E-state index contributed by atoms with van der Waals surface area (Å²) in [5.74, 6) is -0.0562. The van der Waals surface area contributed by atoms with E-state index in [0.717, 1.165) is 83.5 Å². The summed E-state index contributed by atoms with van der Waals surface area (Å²) < 4.78 is 5.48. The summed E-state index contributed by atoms with van der Waals surface area (Å²) in [6.07, 6.45) is 83.6. The van der Waals surface area contributed by atoms with Gasteiger partial charge in [-0.15, -0.1) is 0 Å². The average Bonchev–Trinajstić information content (AvgIpc) is 3.43. The van der Waals surface area contributed by atoms with E-state index in [1.54, 1.807) is 0 Å². The highest BCUT2D eigenvalue weighted by molar-refractivity contribution is 5.76. The third-order valence-electron chi connectivity index (χ3n) is 16.5. The molecule has 456 valence electrons. The maximum atomic E-state index is 12.5. The zero-order chi connectivity index (χ0) is 55.7. The summed E-state index contributed by atoms with van der Waals surface area (Å²) in [5.41, 5.74) is 0. The van der Waals surface area contributed by atoms with Crippen LogP contribution in [0, 0.1) is 0 Å². The van der Waals surface area contributed by atoms with Crippen molar-refractivity contribution in [2.45, 2.75) is 405 Å². The number of carbonyl (C=O) groups excluding carboxylic acids is 2. The van der Waals surface area contributed by atoms with E-state index in [1.165, 1.54) is 276 Å². The molecule has 0 bridgehead atoms. The van der Waals surface area contributed by atoms with Gasteiger partial charge in [0.05, 0.1) is 25.4 Å². The van der Waals surface area contributed by atoms with Crippen molar-refractivity contribution in [3.8, 4) is 0 Å². The number of aliphatic hydroxyl groups is 2. The van der Waals surface area contributed by atoms with Gasteiger partial charge in [0.15, 0.2) is 0 Å². The maximum Gasteiger partial charge on any atom is 0.305 e. The van der Waals surface area contributed by atoms with Crippen LogP contribution in [-0.2, 0) is 14.3 Å². The zero-order valence-corrected chi connectivity index (χ0v) is 52.2. The molecule has 0 aliphatic rings. The molecule has 0 saturated heterocycles. The van der Waals surface area contributed by atoms with Crippen molar-refractivity contribution in [3.63, 3.8) is 0 Å². The number of carbonyl (C=O) groups is 2. The van der Waals surface area contributed by atoms with Gasteiger partial charge in [-0.1, -0.05) is 340 Å². The summed E-state index contributed by atoms with van der Waals surface area (Å²) in [6, 6.07) is -0.555. The standard InChI is InChI=1S/C71H137NO5/c1-3-5-7-9-11-13-15-17-19-21-23-24-25-26-27-28-29-31-35-39-43-47-51-55-59-63-69(74)68(67-73)72-70(75)64-60-56-52-48-44-40-36-32-30-34-38-42-46-50-54-58-62-66-77-71(76)65-61-57-53-49-45-41-37-33-22-20-18-16-14-12-10-8-6-4-2/h30,34,42,46,68-69,73-74H,3-29,31-33,35-41,43-45,47-67H2,1-2H3,(H,72,75)/b34-30-,46-42-. The molecule has 0 fully saturated rings. The van der Waals surface area contributed by atoms with Gasteiger partial charge in [0.1, 0.15) is 0 Å². The number of nitrogens with one attached hydrogen (secondary N) is 1. The molecule has 0 spiro atoms. The minimum atomic E-state index is -0.677. The van der Waals surface area contributed by atoms with Crippen LogP contribution in [0.1, 0.15) is 393 Å². The Bertz CT molecular complexity index is 1200. The molecule has 0 aliphatic heterocycles. The van der Waals surface area contributed by atoms with Crippen LogP contribution < -0.4 is 5.32 Å². The predicted octanol–water partition coefficient (Wildman–Crippen LogP) is 22.5. The molecule has 0 aliphatic carbocycles. The van der Waals surface area contributed by atoms with Gasteiger partial charge in [-0.25, -0.2) is 0 Å². The van der Waals surface area contributed by atoms with E-state index >= 15 is 0 Å². The van der Waals surface area contributed by atoms with Crippen molar-refractivity contribution < 1.29 is 24.5 Å². The SMILES string of the molecule is CCCCCCCCCCCCCCCCCCCCCCCCCCCC(O)C(CO)NC(=O)CCCCCCCCC/C=C\C/C=C\CCCCCOC(=O)CCCCCCCCCCCCCCCCCCCC. The first-order chi connectivity index (χ1) is 38.0. The fourth-order valence-electron chi connectivity index (χ4n) is 11.1. The molecule has 1 amide bonds. The highest BCUT2D eigenvalue weighted by atomic mass is 16.5. The van der Waals surface area contributed by atoms with E-state index in [9.17, 15) is 19.8 Å². The number of amides is 1. The first-order valence-corrected chi connectivity index (χ1v) is 35.1. The lowest BCUT2D eigenvalue weighted by molar-refractivity contribution is -0.143. The largest absolute Gasteiger partial charge is 0.466 e. The Morgan fingerprint density at radius 2 is 0.649 bits per heavy atom.